The Morgan fingerprint density at radius 1 is 1.20 bits per heavy atom. The Balaban J connectivity index is 2.14. The van der Waals surface area contributed by atoms with Crippen LogP contribution in [-0.4, -0.2) is 15.9 Å². The third-order valence-electron chi connectivity index (χ3n) is 2.85. The topological polar surface area (TPSA) is 52.1 Å². The number of carbonyl (C=O) groups is 1. The summed E-state index contributed by atoms with van der Waals surface area (Å²) in [7, 11) is 0. The molecular weight excluding hydrogens is 252 g/mol. The molecule has 0 aliphatic heterocycles. The fraction of sp³-hybridized carbons (Fsp3) is 0.312. The number of aromatic nitrogens is 2. The van der Waals surface area contributed by atoms with E-state index >= 15 is 0 Å². The van der Waals surface area contributed by atoms with Gasteiger partial charge in [-0.3, -0.25) is 9.97 Å². The SMILES string of the molecule is CC(C)CC(OC(=O)c1cccnc1)c1ccccn1. The highest BCUT2D eigenvalue weighted by Crippen LogP contribution is 2.24. The Bertz CT molecular complexity index is 541. The van der Waals surface area contributed by atoms with E-state index in [2.05, 4.69) is 23.8 Å². The molecule has 0 fully saturated rings. The quantitative estimate of drug-likeness (QED) is 0.781. The zero-order chi connectivity index (χ0) is 14.4. The molecule has 0 aliphatic carbocycles. The van der Waals surface area contributed by atoms with Crippen LogP contribution in [0.1, 0.15) is 42.4 Å². The molecule has 0 radical (unpaired) electrons. The Morgan fingerprint density at radius 3 is 2.65 bits per heavy atom. The average molecular weight is 270 g/mol. The van der Waals surface area contributed by atoms with E-state index < -0.39 is 0 Å². The predicted octanol–water partition coefficient (Wildman–Crippen LogP) is 3.42. The van der Waals surface area contributed by atoms with E-state index in [1.54, 1.807) is 24.5 Å². The van der Waals surface area contributed by atoms with Gasteiger partial charge in [-0.25, -0.2) is 4.79 Å². The van der Waals surface area contributed by atoms with E-state index in [0.29, 0.717) is 11.5 Å². The van der Waals surface area contributed by atoms with E-state index in [1.807, 2.05) is 18.2 Å². The van der Waals surface area contributed by atoms with Crippen molar-refractivity contribution in [1.82, 2.24) is 9.97 Å². The minimum absolute atomic E-state index is 0.330. The molecule has 2 rings (SSSR count). The highest BCUT2D eigenvalue weighted by Gasteiger charge is 2.20. The molecule has 0 aromatic carbocycles. The highest BCUT2D eigenvalue weighted by molar-refractivity contribution is 5.89. The van der Waals surface area contributed by atoms with Crippen LogP contribution in [-0.2, 0) is 4.74 Å². The van der Waals surface area contributed by atoms with Crippen LogP contribution in [0.15, 0.2) is 48.9 Å². The zero-order valence-electron chi connectivity index (χ0n) is 11.7. The number of esters is 1. The largest absolute Gasteiger partial charge is 0.452 e. The first-order valence-corrected chi connectivity index (χ1v) is 6.68. The molecule has 4 heteroatoms. The maximum absolute atomic E-state index is 12.1. The molecular formula is C16H18N2O2. The van der Waals surface area contributed by atoms with Gasteiger partial charge in [0.25, 0.3) is 0 Å². The molecule has 0 spiro atoms. The standard InChI is InChI=1S/C16H18N2O2/c1-12(2)10-15(14-7-3-4-9-18-14)20-16(19)13-6-5-8-17-11-13/h3-9,11-12,15H,10H2,1-2H3. The molecule has 1 atom stereocenters. The summed E-state index contributed by atoms with van der Waals surface area (Å²) in [6, 6.07) is 9.03. The number of carbonyl (C=O) groups excluding carboxylic acids is 1. The minimum atomic E-state index is -0.366. The third kappa shape index (κ3) is 3.88. The van der Waals surface area contributed by atoms with Crippen LogP contribution in [0.2, 0.25) is 0 Å². The van der Waals surface area contributed by atoms with Crippen LogP contribution in [0.3, 0.4) is 0 Å². The predicted molar refractivity (Wildman–Crippen MR) is 76.1 cm³/mol. The van der Waals surface area contributed by atoms with Gasteiger partial charge >= 0.3 is 5.97 Å². The molecule has 0 saturated carbocycles. The van der Waals surface area contributed by atoms with E-state index in [1.165, 1.54) is 6.20 Å². The summed E-state index contributed by atoms with van der Waals surface area (Å²) >= 11 is 0. The first-order valence-electron chi connectivity index (χ1n) is 6.68. The number of rotatable bonds is 5. The van der Waals surface area contributed by atoms with Crippen molar-refractivity contribution in [2.45, 2.75) is 26.4 Å². The molecule has 0 aliphatic rings. The van der Waals surface area contributed by atoms with E-state index in [4.69, 9.17) is 4.74 Å². The number of pyridine rings is 2. The molecule has 2 aromatic rings. The van der Waals surface area contributed by atoms with Gasteiger partial charge in [-0.15, -0.1) is 0 Å². The van der Waals surface area contributed by atoms with Crippen molar-refractivity contribution >= 4 is 5.97 Å². The maximum atomic E-state index is 12.1. The molecule has 104 valence electrons. The van der Waals surface area contributed by atoms with Gasteiger partial charge < -0.3 is 4.74 Å². The van der Waals surface area contributed by atoms with Crippen LogP contribution in [0, 0.1) is 5.92 Å². The van der Waals surface area contributed by atoms with Crippen LogP contribution < -0.4 is 0 Å². The second-order valence-electron chi connectivity index (χ2n) is 5.02. The summed E-state index contributed by atoms with van der Waals surface area (Å²) in [6.45, 7) is 4.18. The number of nitrogens with zero attached hydrogens (tertiary/aromatic N) is 2. The third-order valence-corrected chi connectivity index (χ3v) is 2.85. The van der Waals surface area contributed by atoms with Gasteiger partial charge in [0.05, 0.1) is 11.3 Å². The van der Waals surface area contributed by atoms with Crippen molar-refractivity contribution in [2.24, 2.45) is 5.92 Å². The summed E-state index contributed by atoms with van der Waals surface area (Å²) in [4.78, 5) is 20.3. The zero-order valence-corrected chi connectivity index (χ0v) is 11.7. The van der Waals surface area contributed by atoms with Crippen molar-refractivity contribution in [3.05, 3.63) is 60.2 Å². The minimum Gasteiger partial charge on any atom is -0.452 e. The van der Waals surface area contributed by atoms with E-state index in [0.717, 1.165) is 12.1 Å². The molecule has 20 heavy (non-hydrogen) atoms. The second kappa shape index (κ2) is 6.80. The highest BCUT2D eigenvalue weighted by atomic mass is 16.5. The van der Waals surface area contributed by atoms with Crippen molar-refractivity contribution in [1.29, 1.82) is 0 Å². The molecule has 0 N–H and O–H groups in total. The van der Waals surface area contributed by atoms with Crippen LogP contribution >= 0.6 is 0 Å². The summed E-state index contributed by atoms with van der Waals surface area (Å²) in [5, 5.41) is 0. The molecule has 4 nitrogen and oxygen atoms in total. The maximum Gasteiger partial charge on any atom is 0.340 e. The first-order chi connectivity index (χ1) is 9.66. The lowest BCUT2D eigenvalue weighted by Gasteiger charge is -2.19. The summed E-state index contributed by atoms with van der Waals surface area (Å²) in [5.41, 5.74) is 1.23. The van der Waals surface area contributed by atoms with Crippen LogP contribution in [0.5, 0.6) is 0 Å². The summed E-state index contributed by atoms with van der Waals surface area (Å²) in [6.07, 6.45) is 5.25. The van der Waals surface area contributed by atoms with E-state index in [9.17, 15) is 4.79 Å². The van der Waals surface area contributed by atoms with Gasteiger partial charge in [-0.2, -0.15) is 0 Å². The molecule has 0 saturated heterocycles. The fourth-order valence-electron chi connectivity index (χ4n) is 1.90. The van der Waals surface area contributed by atoms with Crippen LogP contribution in [0.25, 0.3) is 0 Å². The van der Waals surface area contributed by atoms with Gasteiger partial charge in [-0.05, 0) is 36.6 Å². The number of hydrogen-bond donors (Lipinski definition) is 0. The van der Waals surface area contributed by atoms with Gasteiger partial charge in [0.1, 0.15) is 6.10 Å². The second-order valence-corrected chi connectivity index (χ2v) is 5.02. The Kier molecular flexibility index (Phi) is 4.82. The van der Waals surface area contributed by atoms with Gasteiger partial charge in [0, 0.05) is 18.6 Å². The van der Waals surface area contributed by atoms with Gasteiger partial charge in [0.15, 0.2) is 0 Å². The van der Waals surface area contributed by atoms with Crippen molar-refractivity contribution < 1.29 is 9.53 Å². The monoisotopic (exact) mass is 270 g/mol. The van der Waals surface area contributed by atoms with Crippen LogP contribution in [0.4, 0.5) is 0 Å². The lowest BCUT2D eigenvalue weighted by molar-refractivity contribution is 0.0236. The van der Waals surface area contributed by atoms with Crippen molar-refractivity contribution in [3.8, 4) is 0 Å². The number of ether oxygens (including phenoxy) is 1. The lowest BCUT2D eigenvalue weighted by atomic mass is 10.0. The summed E-state index contributed by atoms with van der Waals surface area (Å²) in [5.74, 6) is 0.0399. The Morgan fingerprint density at radius 2 is 2.05 bits per heavy atom. The molecule has 2 heterocycles. The summed E-state index contributed by atoms with van der Waals surface area (Å²) < 4.78 is 5.59. The molecule has 0 bridgehead atoms. The Labute approximate surface area is 118 Å². The average Bonchev–Trinajstić information content (AvgIpc) is 2.48. The van der Waals surface area contributed by atoms with Gasteiger partial charge in [0.2, 0.25) is 0 Å². The Hall–Kier alpha value is -2.23. The first kappa shape index (κ1) is 14.2. The number of hydrogen-bond acceptors (Lipinski definition) is 4. The molecule has 1 unspecified atom stereocenters. The smallest absolute Gasteiger partial charge is 0.340 e. The van der Waals surface area contributed by atoms with E-state index in [-0.39, 0.29) is 12.1 Å². The molecule has 0 amide bonds. The van der Waals surface area contributed by atoms with Crippen molar-refractivity contribution in [3.63, 3.8) is 0 Å². The van der Waals surface area contributed by atoms with Gasteiger partial charge in [-0.1, -0.05) is 19.9 Å². The lowest BCUT2D eigenvalue weighted by Crippen LogP contribution is -2.15. The van der Waals surface area contributed by atoms with Crippen molar-refractivity contribution in [2.75, 3.05) is 0 Å². The fourth-order valence-corrected chi connectivity index (χ4v) is 1.90. The normalized spacial score (nSPS) is 12.2. The molecule has 2 aromatic heterocycles.